The molecule has 0 aliphatic carbocycles. The second-order valence-corrected chi connectivity index (χ2v) is 8.81. The lowest BCUT2D eigenvalue weighted by molar-refractivity contribution is 0.383. The molecule has 0 spiro atoms. The van der Waals surface area contributed by atoms with Crippen LogP contribution in [0.2, 0.25) is 5.02 Å². The lowest BCUT2D eigenvalue weighted by atomic mass is 10.3. The van der Waals surface area contributed by atoms with Crippen molar-refractivity contribution in [3.63, 3.8) is 0 Å². The maximum atomic E-state index is 12.8. The van der Waals surface area contributed by atoms with Crippen molar-refractivity contribution in [2.75, 3.05) is 31.1 Å². The van der Waals surface area contributed by atoms with E-state index in [-0.39, 0.29) is 4.90 Å². The quantitative estimate of drug-likeness (QED) is 0.645. The van der Waals surface area contributed by atoms with Gasteiger partial charge in [0, 0.05) is 43.6 Å². The molecule has 2 aromatic heterocycles. The standard InChI is InChI=1S/C18H19ClN6O2S/c1-14-20-8-9-25(14)18-7-6-17(21-22-18)23-10-12-24(13-11-23)28(26,27)16-4-2-15(19)3-5-16/h2-9H,10-13H2,1H3. The number of piperazine rings is 1. The molecular formula is C18H19ClN6O2S. The minimum Gasteiger partial charge on any atom is -0.352 e. The molecular weight excluding hydrogens is 400 g/mol. The monoisotopic (exact) mass is 418 g/mol. The minimum absolute atomic E-state index is 0.255. The molecule has 0 N–H and O–H groups in total. The van der Waals surface area contributed by atoms with Crippen LogP contribution in [0.3, 0.4) is 0 Å². The number of sulfonamides is 1. The number of imidazole rings is 1. The van der Waals surface area contributed by atoms with Gasteiger partial charge in [-0.3, -0.25) is 4.57 Å². The highest BCUT2D eigenvalue weighted by atomic mass is 35.5. The number of anilines is 1. The largest absolute Gasteiger partial charge is 0.352 e. The van der Waals surface area contributed by atoms with Crippen molar-refractivity contribution in [2.24, 2.45) is 0 Å². The summed E-state index contributed by atoms with van der Waals surface area (Å²) >= 11 is 5.85. The molecule has 10 heteroatoms. The van der Waals surface area contributed by atoms with E-state index in [1.807, 2.05) is 34.7 Å². The summed E-state index contributed by atoms with van der Waals surface area (Å²) in [6, 6.07) is 10.0. The molecule has 3 aromatic rings. The topological polar surface area (TPSA) is 84.2 Å². The highest BCUT2D eigenvalue weighted by Gasteiger charge is 2.29. The maximum Gasteiger partial charge on any atom is 0.243 e. The van der Waals surface area contributed by atoms with Crippen molar-refractivity contribution in [2.45, 2.75) is 11.8 Å². The Bertz CT molecular complexity index is 1060. The van der Waals surface area contributed by atoms with Crippen LogP contribution in [0.15, 0.2) is 53.7 Å². The molecule has 146 valence electrons. The van der Waals surface area contributed by atoms with Crippen molar-refractivity contribution >= 4 is 27.4 Å². The molecule has 1 aromatic carbocycles. The number of rotatable bonds is 4. The smallest absolute Gasteiger partial charge is 0.243 e. The minimum atomic E-state index is -3.52. The highest BCUT2D eigenvalue weighted by molar-refractivity contribution is 7.89. The number of hydrogen-bond donors (Lipinski definition) is 0. The second-order valence-electron chi connectivity index (χ2n) is 6.44. The molecule has 0 radical (unpaired) electrons. The van der Waals surface area contributed by atoms with Crippen LogP contribution in [0.1, 0.15) is 5.82 Å². The summed E-state index contributed by atoms with van der Waals surface area (Å²) in [5.74, 6) is 2.26. The van der Waals surface area contributed by atoms with Gasteiger partial charge in [0.25, 0.3) is 0 Å². The van der Waals surface area contributed by atoms with Crippen molar-refractivity contribution in [3.8, 4) is 5.82 Å². The Balaban J connectivity index is 1.44. The summed E-state index contributed by atoms with van der Waals surface area (Å²) in [5, 5.41) is 9.08. The number of hydrogen-bond acceptors (Lipinski definition) is 6. The van der Waals surface area contributed by atoms with E-state index in [0.717, 1.165) is 11.6 Å². The lowest BCUT2D eigenvalue weighted by Crippen LogP contribution is -2.49. The molecule has 0 amide bonds. The van der Waals surface area contributed by atoms with Gasteiger partial charge in [-0.1, -0.05) is 11.6 Å². The van der Waals surface area contributed by atoms with Crippen LogP contribution in [-0.2, 0) is 10.0 Å². The van der Waals surface area contributed by atoms with Gasteiger partial charge < -0.3 is 4.90 Å². The fourth-order valence-electron chi connectivity index (χ4n) is 3.15. The third-order valence-corrected chi connectivity index (χ3v) is 6.89. The Kier molecular flexibility index (Phi) is 5.05. The van der Waals surface area contributed by atoms with E-state index in [9.17, 15) is 8.42 Å². The average Bonchev–Trinajstić information content (AvgIpc) is 3.14. The van der Waals surface area contributed by atoms with Crippen molar-refractivity contribution in [3.05, 3.63) is 59.6 Å². The van der Waals surface area contributed by atoms with Gasteiger partial charge >= 0.3 is 0 Å². The first-order valence-corrected chi connectivity index (χ1v) is 10.6. The predicted octanol–water partition coefficient (Wildman–Crippen LogP) is 2.14. The maximum absolute atomic E-state index is 12.8. The molecule has 0 atom stereocenters. The third-order valence-electron chi connectivity index (χ3n) is 4.72. The Morgan fingerprint density at radius 3 is 2.14 bits per heavy atom. The summed E-state index contributed by atoms with van der Waals surface area (Å²) in [4.78, 5) is 6.47. The second kappa shape index (κ2) is 7.50. The number of nitrogens with zero attached hydrogens (tertiary/aromatic N) is 6. The molecule has 3 heterocycles. The molecule has 0 bridgehead atoms. The van der Waals surface area contributed by atoms with E-state index in [1.54, 1.807) is 18.3 Å². The van der Waals surface area contributed by atoms with Gasteiger partial charge in [0.15, 0.2) is 11.6 Å². The fourth-order valence-corrected chi connectivity index (χ4v) is 4.70. The molecule has 4 rings (SSSR count). The Morgan fingerprint density at radius 1 is 0.929 bits per heavy atom. The summed E-state index contributed by atoms with van der Waals surface area (Å²) in [7, 11) is -3.52. The number of halogens is 1. The average molecular weight is 419 g/mol. The van der Waals surface area contributed by atoms with Gasteiger partial charge in [-0.25, -0.2) is 13.4 Å². The van der Waals surface area contributed by atoms with Gasteiger partial charge in [-0.05, 0) is 43.3 Å². The third kappa shape index (κ3) is 3.60. The highest BCUT2D eigenvalue weighted by Crippen LogP contribution is 2.21. The van der Waals surface area contributed by atoms with E-state index in [4.69, 9.17) is 11.6 Å². The summed E-state index contributed by atoms with van der Waals surface area (Å²) in [5.41, 5.74) is 0. The van der Waals surface area contributed by atoms with Crippen molar-refractivity contribution < 1.29 is 8.42 Å². The molecule has 1 aliphatic heterocycles. The number of aryl methyl sites for hydroxylation is 1. The zero-order valence-corrected chi connectivity index (χ0v) is 16.8. The van der Waals surface area contributed by atoms with Crippen LogP contribution in [0.5, 0.6) is 0 Å². The first kappa shape index (κ1) is 18.9. The van der Waals surface area contributed by atoms with E-state index in [1.165, 1.54) is 16.4 Å². The van der Waals surface area contributed by atoms with E-state index in [0.29, 0.717) is 37.0 Å². The van der Waals surface area contributed by atoms with Crippen LogP contribution in [0.4, 0.5) is 5.82 Å². The lowest BCUT2D eigenvalue weighted by Gasteiger charge is -2.34. The van der Waals surface area contributed by atoms with Crippen molar-refractivity contribution in [1.29, 1.82) is 0 Å². The van der Waals surface area contributed by atoms with Crippen molar-refractivity contribution in [1.82, 2.24) is 24.1 Å². The molecule has 8 nitrogen and oxygen atoms in total. The van der Waals surface area contributed by atoms with Gasteiger partial charge in [0.05, 0.1) is 4.90 Å². The Morgan fingerprint density at radius 2 is 1.57 bits per heavy atom. The number of aromatic nitrogens is 4. The van der Waals surface area contributed by atoms with Crippen LogP contribution >= 0.6 is 11.6 Å². The summed E-state index contributed by atoms with van der Waals surface area (Å²) in [6.45, 7) is 3.76. The number of benzene rings is 1. The van der Waals surface area contributed by atoms with Crippen LogP contribution in [-0.4, -0.2) is 58.7 Å². The SMILES string of the molecule is Cc1nccn1-c1ccc(N2CCN(S(=O)(=O)c3ccc(Cl)cc3)CC2)nn1. The van der Waals surface area contributed by atoms with E-state index in [2.05, 4.69) is 15.2 Å². The molecule has 0 unspecified atom stereocenters. The van der Waals surface area contributed by atoms with Crippen LogP contribution in [0, 0.1) is 6.92 Å². The summed E-state index contributed by atoms with van der Waals surface area (Å²) < 4.78 is 28.9. The van der Waals surface area contributed by atoms with E-state index >= 15 is 0 Å². The first-order valence-electron chi connectivity index (χ1n) is 8.80. The van der Waals surface area contributed by atoms with Crippen LogP contribution < -0.4 is 4.90 Å². The molecule has 1 fully saturated rings. The van der Waals surface area contributed by atoms with Gasteiger partial charge in [0.2, 0.25) is 10.0 Å². The van der Waals surface area contributed by atoms with E-state index < -0.39 is 10.0 Å². The molecule has 1 saturated heterocycles. The van der Waals surface area contributed by atoms with Gasteiger partial charge in [0.1, 0.15) is 5.82 Å². The summed E-state index contributed by atoms with van der Waals surface area (Å²) in [6.07, 6.45) is 3.55. The molecule has 1 aliphatic rings. The first-order chi connectivity index (χ1) is 13.4. The molecule has 0 saturated carbocycles. The van der Waals surface area contributed by atoms with Gasteiger partial charge in [-0.15, -0.1) is 10.2 Å². The predicted molar refractivity (Wildman–Crippen MR) is 106 cm³/mol. The van der Waals surface area contributed by atoms with Gasteiger partial charge in [-0.2, -0.15) is 4.31 Å². The fraction of sp³-hybridized carbons (Fsp3) is 0.278. The van der Waals surface area contributed by atoms with Crippen LogP contribution in [0.25, 0.3) is 5.82 Å². The molecule has 28 heavy (non-hydrogen) atoms. The zero-order valence-electron chi connectivity index (χ0n) is 15.2. The normalized spacial score (nSPS) is 15.7. The zero-order chi connectivity index (χ0) is 19.7. The Labute approximate surface area is 168 Å². The Hall–Kier alpha value is -2.49.